The molecule has 1 atom stereocenters. The van der Waals surface area contributed by atoms with Crippen molar-refractivity contribution in [3.63, 3.8) is 0 Å². The number of ether oxygens (including phenoxy) is 1. The maximum absolute atomic E-state index is 13.2. The number of hydrogen-bond donors (Lipinski definition) is 0. The monoisotopic (exact) mass is 441 g/mol. The molecule has 3 aromatic rings. The van der Waals surface area contributed by atoms with Crippen molar-refractivity contribution in [1.82, 2.24) is 0 Å². The number of anilines is 1. The summed E-state index contributed by atoms with van der Waals surface area (Å²) in [5.74, 6) is 0.896. The summed E-state index contributed by atoms with van der Waals surface area (Å²) in [7, 11) is 1.65. The summed E-state index contributed by atoms with van der Waals surface area (Å²) < 4.78 is 5.24. The first kappa shape index (κ1) is 22.8. The Morgan fingerprint density at radius 3 is 2.21 bits per heavy atom. The Kier molecular flexibility index (Phi) is 6.11. The van der Waals surface area contributed by atoms with Gasteiger partial charge in [0.2, 0.25) is 0 Å². The van der Waals surface area contributed by atoms with Crippen molar-refractivity contribution < 1.29 is 14.3 Å². The highest BCUT2D eigenvalue weighted by Crippen LogP contribution is 2.33. The first-order valence-corrected chi connectivity index (χ1v) is 11.4. The largest absolute Gasteiger partial charge is 0.497 e. The molecule has 0 saturated carbocycles. The molecule has 0 saturated heterocycles. The van der Waals surface area contributed by atoms with Crippen LogP contribution >= 0.6 is 0 Å². The molecule has 4 nitrogen and oxygen atoms in total. The van der Waals surface area contributed by atoms with Gasteiger partial charge in [-0.05, 0) is 58.0 Å². The van der Waals surface area contributed by atoms with Gasteiger partial charge in [-0.2, -0.15) is 0 Å². The lowest BCUT2D eigenvalue weighted by atomic mass is 9.84. The van der Waals surface area contributed by atoms with E-state index < -0.39 is 0 Å². The van der Waals surface area contributed by atoms with Crippen molar-refractivity contribution in [3.05, 3.63) is 83.4 Å². The molecule has 33 heavy (non-hydrogen) atoms. The minimum absolute atomic E-state index is 0.00460. The lowest BCUT2D eigenvalue weighted by molar-refractivity contribution is -0.121. The zero-order chi connectivity index (χ0) is 23.8. The van der Waals surface area contributed by atoms with Crippen LogP contribution < -0.4 is 9.64 Å². The van der Waals surface area contributed by atoms with Gasteiger partial charge < -0.3 is 9.64 Å². The first-order chi connectivity index (χ1) is 15.7. The number of rotatable bonds is 6. The molecule has 1 unspecified atom stereocenters. The highest BCUT2D eigenvalue weighted by molar-refractivity contribution is 6.10. The molecule has 0 fully saturated rings. The van der Waals surface area contributed by atoms with Crippen LogP contribution in [-0.4, -0.2) is 18.8 Å². The maximum Gasteiger partial charge on any atom is 0.258 e. The van der Waals surface area contributed by atoms with Crippen molar-refractivity contribution in [2.45, 2.75) is 46.6 Å². The molecule has 1 aliphatic rings. The van der Waals surface area contributed by atoms with Gasteiger partial charge in [0.15, 0.2) is 0 Å². The van der Waals surface area contributed by atoms with Crippen molar-refractivity contribution in [1.29, 1.82) is 0 Å². The molecular weight excluding hydrogens is 410 g/mol. The van der Waals surface area contributed by atoms with Crippen molar-refractivity contribution in [2.24, 2.45) is 5.41 Å². The summed E-state index contributed by atoms with van der Waals surface area (Å²) in [6, 6.07) is 21.8. The second-order valence-electron chi connectivity index (χ2n) is 10.0. The van der Waals surface area contributed by atoms with Gasteiger partial charge in [-0.3, -0.25) is 9.59 Å². The number of fused-ring (bicyclic) bond motifs is 1. The van der Waals surface area contributed by atoms with E-state index in [9.17, 15) is 9.59 Å². The fourth-order valence-corrected chi connectivity index (χ4v) is 4.28. The standard InChI is InChI=1S/C29H31NO3/c1-19(27(31)17-29(2,3)4)20-8-12-24(13-9-20)30-18-23-7-6-22(16-26(23)28(30)32)21-10-14-25(33-5)15-11-21/h6-16,19H,17-18H2,1-5H3. The van der Waals surface area contributed by atoms with Crippen molar-refractivity contribution in [3.8, 4) is 16.9 Å². The van der Waals surface area contributed by atoms with E-state index in [2.05, 4.69) is 26.8 Å². The normalized spacial score (nSPS) is 14.2. The molecule has 3 aromatic carbocycles. The topological polar surface area (TPSA) is 46.6 Å². The molecule has 0 spiro atoms. The van der Waals surface area contributed by atoms with Crippen LogP contribution in [0.2, 0.25) is 0 Å². The molecule has 1 aliphatic heterocycles. The van der Waals surface area contributed by atoms with Crippen LogP contribution in [0.1, 0.15) is 61.5 Å². The summed E-state index contributed by atoms with van der Waals surface area (Å²) in [4.78, 5) is 27.6. The number of carbonyl (C=O) groups is 2. The molecule has 1 heterocycles. The smallest absolute Gasteiger partial charge is 0.258 e. The Bertz CT molecular complexity index is 1170. The van der Waals surface area contributed by atoms with Crippen LogP contribution in [0.3, 0.4) is 0 Å². The second kappa shape index (κ2) is 8.86. The molecule has 0 aromatic heterocycles. The summed E-state index contributed by atoms with van der Waals surface area (Å²) >= 11 is 0. The number of Topliss-reactive ketones (excluding diaryl/α,β-unsaturated/α-hetero) is 1. The fraction of sp³-hybridized carbons (Fsp3) is 0.310. The summed E-state index contributed by atoms with van der Waals surface area (Å²) in [6.45, 7) is 8.75. The molecule has 0 radical (unpaired) electrons. The summed E-state index contributed by atoms with van der Waals surface area (Å²) in [5, 5.41) is 0. The van der Waals surface area contributed by atoms with Crippen LogP contribution in [-0.2, 0) is 11.3 Å². The van der Waals surface area contributed by atoms with E-state index in [-0.39, 0.29) is 23.0 Å². The van der Waals surface area contributed by atoms with Crippen LogP contribution in [0.25, 0.3) is 11.1 Å². The number of benzene rings is 3. The SMILES string of the molecule is COc1ccc(-c2ccc3c(c2)C(=O)N(c2ccc(C(C)C(=O)CC(C)(C)C)cc2)C3)cc1. The fourth-order valence-electron chi connectivity index (χ4n) is 4.28. The van der Waals surface area contributed by atoms with E-state index in [1.54, 1.807) is 12.0 Å². The Hall–Kier alpha value is -3.40. The second-order valence-corrected chi connectivity index (χ2v) is 10.0. The van der Waals surface area contributed by atoms with Gasteiger partial charge >= 0.3 is 0 Å². The molecule has 4 rings (SSSR count). The maximum atomic E-state index is 13.2. The third-order valence-corrected chi connectivity index (χ3v) is 6.23. The van der Waals surface area contributed by atoms with Crippen LogP contribution in [0.15, 0.2) is 66.7 Å². The number of carbonyl (C=O) groups excluding carboxylic acids is 2. The Morgan fingerprint density at radius 1 is 0.970 bits per heavy atom. The lowest BCUT2D eigenvalue weighted by Crippen LogP contribution is -2.23. The van der Waals surface area contributed by atoms with Gasteiger partial charge in [0.05, 0.1) is 13.7 Å². The molecule has 4 heteroatoms. The molecule has 170 valence electrons. The third-order valence-electron chi connectivity index (χ3n) is 6.23. The van der Waals surface area contributed by atoms with Crippen molar-refractivity contribution >= 4 is 17.4 Å². The Labute approximate surface area is 196 Å². The number of ketones is 1. The number of nitrogens with zero attached hydrogens (tertiary/aromatic N) is 1. The van der Waals surface area contributed by atoms with Gasteiger partial charge in [0, 0.05) is 23.6 Å². The van der Waals surface area contributed by atoms with Crippen molar-refractivity contribution in [2.75, 3.05) is 12.0 Å². The molecule has 0 N–H and O–H groups in total. The van der Waals surface area contributed by atoms with Gasteiger partial charge in [-0.1, -0.05) is 64.1 Å². The number of amides is 1. The van der Waals surface area contributed by atoms with E-state index in [4.69, 9.17) is 4.74 Å². The van der Waals surface area contributed by atoms with Crippen LogP contribution in [0.5, 0.6) is 5.75 Å². The molecule has 1 amide bonds. The average Bonchev–Trinajstić information content (AvgIpc) is 3.13. The van der Waals surface area contributed by atoms with Crippen LogP contribution in [0, 0.1) is 5.41 Å². The van der Waals surface area contributed by atoms with Gasteiger partial charge in [-0.15, -0.1) is 0 Å². The zero-order valence-electron chi connectivity index (χ0n) is 20.0. The lowest BCUT2D eigenvalue weighted by Gasteiger charge is -2.21. The van der Waals surface area contributed by atoms with Gasteiger partial charge in [0.1, 0.15) is 11.5 Å². The zero-order valence-corrected chi connectivity index (χ0v) is 20.0. The quantitative estimate of drug-likeness (QED) is 0.431. The van der Waals surface area contributed by atoms with E-state index in [0.717, 1.165) is 39.3 Å². The minimum atomic E-state index is -0.156. The van der Waals surface area contributed by atoms with E-state index >= 15 is 0 Å². The van der Waals surface area contributed by atoms with E-state index in [0.29, 0.717) is 13.0 Å². The summed E-state index contributed by atoms with van der Waals surface area (Å²) in [6.07, 6.45) is 0.548. The van der Waals surface area contributed by atoms with E-state index in [1.807, 2.05) is 67.6 Å². The minimum Gasteiger partial charge on any atom is -0.497 e. The molecular formula is C29H31NO3. The number of methoxy groups -OCH3 is 1. The third kappa shape index (κ3) is 4.85. The average molecular weight is 442 g/mol. The van der Waals surface area contributed by atoms with E-state index in [1.165, 1.54) is 0 Å². The molecule has 0 bridgehead atoms. The summed E-state index contributed by atoms with van der Waals surface area (Å²) in [5.41, 5.74) is 5.62. The predicted octanol–water partition coefficient (Wildman–Crippen LogP) is 6.63. The molecule has 0 aliphatic carbocycles. The Morgan fingerprint density at radius 2 is 1.61 bits per heavy atom. The highest BCUT2D eigenvalue weighted by atomic mass is 16.5. The van der Waals surface area contributed by atoms with Crippen LogP contribution in [0.4, 0.5) is 5.69 Å². The first-order valence-electron chi connectivity index (χ1n) is 11.4. The van der Waals surface area contributed by atoms with Gasteiger partial charge in [0.25, 0.3) is 5.91 Å². The predicted molar refractivity (Wildman–Crippen MR) is 133 cm³/mol. The van der Waals surface area contributed by atoms with Gasteiger partial charge in [-0.25, -0.2) is 0 Å². The highest BCUT2D eigenvalue weighted by Gasteiger charge is 2.29. The number of hydrogen-bond acceptors (Lipinski definition) is 3. The Balaban J connectivity index is 1.52.